The van der Waals surface area contributed by atoms with Gasteiger partial charge in [-0.15, -0.1) is 0 Å². The normalized spacial score (nSPS) is 10.7. The zero-order chi connectivity index (χ0) is 12.3. The van der Waals surface area contributed by atoms with Gasteiger partial charge in [-0.05, 0) is 34.0 Å². The molecule has 0 unspecified atom stereocenters. The van der Waals surface area contributed by atoms with E-state index in [0.29, 0.717) is 0 Å². The molecule has 17 heavy (non-hydrogen) atoms. The first kappa shape index (κ1) is 12.1. The van der Waals surface area contributed by atoms with Gasteiger partial charge in [-0.2, -0.15) is 5.10 Å². The number of halogens is 1. The molecule has 0 amide bonds. The molecule has 2 aromatic rings. The average molecular weight is 295 g/mol. The number of hydrogen-bond donors (Lipinski definition) is 1. The maximum absolute atomic E-state index is 5.93. The van der Waals surface area contributed by atoms with E-state index in [0.717, 1.165) is 40.8 Å². The molecule has 0 spiro atoms. The minimum absolute atomic E-state index is 0.750. The van der Waals surface area contributed by atoms with Gasteiger partial charge in [0.1, 0.15) is 0 Å². The number of anilines is 1. The highest BCUT2D eigenvalue weighted by molar-refractivity contribution is 9.10. The van der Waals surface area contributed by atoms with Crippen molar-refractivity contribution in [1.82, 2.24) is 14.8 Å². The van der Waals surface area contributed by atoms with Gasteiger partial charge in [0.05, 0.1) is 16.4 Å². The summed E-state index contributed by atoms with van der Waals surface area (Å²) in [5.41, 5.74) is 8.88. The van der Waals surface area contributed by atoms with E-state index in [1.54, 1.807) is 6.20 Å². The molecule has 0 atom stereocenters. The minimum Gasteiger partial charge on any atom is -0.398 e. The van der Waals surface area contributed by atoms with Gasteiger partial charge in [-0.25, -0.2) is 0 Å². The molecule has 0 aromatic carbocycles. The van der Waals surface area contributed by atoms with Gasteiger partial charge in [0.15, 0.2) is 0 Å². The maximum Gasteiger partial charge on any atom is 0.0635 e. The van der Waals surface area contributed by atoms with Crippen molar-refractivity contribution in [3.05, 3.63) is 40.4 Å². The highest BCUT2D eigenvalue weighted by Gasteiger charge is 2.10. The Kier molecular flexibility index (Phi) is 3.78. The van der Waals surface area contributed by atoms with Crippen molar-refractivity contribution in [1.29, 1.82) is 0 Å². The lowest BCUT2D eigenvalue weighted by atomic mass is 10.1. The fourth-order valence-electron chi connectivity index (χ4n) is 1.73. The molecule has 0 aliphatic rings. The first-order valence-electron chi connectivity index (χ1n) is 5.61. The van der Waals surface area contributed by atoms with Crippen molar-refractivity contribution in [3.63, 3.8) is 0 Å². The molecule has 0 radical (unpaired) electrons. The molecule has 2 heterocycles. The average Bonchev–Trinajstić information content (AvgIpc) is 2.65. The summed E-state index contributed by atoms with van der Waals surface area (Å²) in [5, 5.41) is 4.34. The van der Waals surface area contributed by atoms with E-state index < -0.39 is 0 Å². The van der Waals surface area contributed by atoms with Crippen LogP contribution in [0.2, 0.25) is 0 Å². The number of nitrogens with zero attached hydrogens (tertiary/aromatic N) is 3. The number of rotatable bonds is 4. The van der Waals surface area contributed by atoms with Crippen molar-refractivity contribution < 1.29 is 0 Å². The zero-order valence-electron chi connectivity index (χ0n) is 9.73. The summed E-state index contributed by atoms with van der Waals surface area (Å²) < 4.78 is 3.03. The third kappa shape index (κ3) is 2.66. The Morgan fingerprint density at radius 3 is 2.94 bits per heavy atom. The van der Waals surface area contributed by atoms with Crippen molar-refractivity contribution in [3.8, 4) is 0 Å². The van der Waals surface area contributed by atoms with Gasteiger partial charge in [-0.3, -0.25) is 9.67 Å². The van der Waals surface area contributed by atoms with Gasteiger partial charge in [0, 0.05) is 31.0 Å². The quantitative estimate of drug-likeness (QED) is 0.943. The third-order valence-corrected chi connectivity index (χ3v) is 3.29. The van der Waals surface area contributed by atoms with Crippen molar-refractivity contribution >= 4 is 21.6 Å². The number of nitrogens with two attached hydrogens (primary N) is 1. The minimum atomic E-state index is 0.750. The fourth-order valence-corrected chi connectivity index (χ4v) is 2.17. The molecular weight excluding hydrogens is 280 g/mol. The Bertz CT molecular complexity index is 507. The van der Waals surface area contributed by atoms with Crippen LogP contribution in [0.25, 0.3) is 0 Å². The standard InChI is InChI=1S/C12H15BrN4/c1-2-5-17-12(10(13)8-16-17)6-9-7-15-4-3-11(9)14/h3-4,7-8H,2,5-6H2,1H3,(H2,14,15). The summed E-state index contributed by atoms with van der Waals surface area (Å²) in [6.45, 7) is 3.05. The fraction of sp³-hybridized carbons (Fsp3) is 0.333. The predicted molar refractivity (Wildman–Crippen MR) is 71.7 cm³/mol. The van der Waals surface area contributed by atoms with Crippen molar-refractivity contribution in [2.45, 2.75) is 26.3 Å². The molecule has 0 saturated carbocycles. The largest absolute Gasteiger partial charge is 0.398 e. The number of pyridine rings is 1. The van der Waals surface area contributed by atoms with Crippen molar-refractivity contribution in [2.24, 2.45) is 0 Å². The molecule has 0 aliphatic heterocycles. The molecular formula is C12H15BrN4. The van der Waals surface area contributed by atoms with Crippen LogP contribution in [-0.4, -0.2) is 14.8 Å². The summed E-state index contributed by atoms with van der Waals surface area (Å²) in [5.74, 6) is 0. The number of aromatic nitrogens is 3. The second kappa shape index (κ2) is 5.31. The van der Waals surface area contributed by atoms with E-state index in [1.807, 2.05) is 23.1 Å². The van der Waals surface area contributed by atoms with E-state index in [-0.39, 0.29) is 0 Å². The lowest BCUT2D eigenvalue weighted by molar-refractivity contribution is 0.579. The Morgan fingerprint density at radius 1 is 1.41 bits per heavy atom. The van der Waals surface area contributed by atoms with Gasteiger partial charge < -0.3 is 5.73 Å². The Hall–Kier alpha value is -1.36. The summed E-state index contributed by atoms with van der Waals surface area (Å²) in [4.78, 5) is 4.11. The molecule has 0 fully saturated rings. The van der Waals surface area contributed by atoms with E-state index in [1.165, 1.54) is 0 Å². The van der Waals surface area contributed by atoms with Gasteiger partial charge in [-0.1, -0.05) is 6.92 Å². The highest BCUT2D eigenvalue weighted by atomic mass is 79.9. The summed E-state index contributed by atoms with van der Waals surface area (Å²) in [6, 6.07) is 1.82. The van der Waals surface area contributed by atoms with Crippen molar-refractivity contribution in [2.75, 3.05) is 5.73 Å². The summed E-state index contributed by atoms with van der Waals surface area (Å²) in [6.07, 6.45) is 7.16. The lowest BCUT2D eigenvalue weighted by Gasteiger charge is -2.08. The van der Waals surface area contributed by atoms with Crippen LogP contribution in [-0.2, 0) is 13.0 Å². The Labute approximate surface area is 109 Å². The molecule has 2 aromatic heterocycles. The smallest absolute Gasteiger partial charge is 0.0635 e. The maximum atomic E-state index is 5.93. The first-order valence-corrected chi connectivity index (χ1v) is 6.40. The molecule has 0 saturated heterocycles. The van der Waals surface area contributed by atoms with Crippen LogP contribution in [0.4, 0.5) is 5.69 Å². The van der Waals surface area contributed by atoms with Gasteiger partial charge >= 0.3 is 0 Å². The molecule has 5 heteroatoms. The molecule has 0 aliphatic carbocycles. The predicted octanol–water partition coefficient (Wildman–Crippen LogP) is 2.62. The molecule has 90 valence electrons. The van der Waals surface area contributed by atoms with Crippen LogP contribution in [0.15, 0.2) is 29.1 Å². The SMILES string of the molecule is CCCn1ncc(Br)c1Cc1cnccc1N. The van der Waals surface area contributed by atoms with Crippen LogP contribution >= 0.6 is 15.9 Å². The van der Waals surface area contributed by atoms with Crippen LogP contribution in [0.3, 0.4) is 0 Å². The monoisotopic (exact) mass is 294 g/mol. The highest BCUT2D eigenvalue weighted by Crippen LogP contribution is 2.22. The van der Waals surface area contributed by atoms with E-state index in [4.69, 9.17) is 5.73 Å². The van der Waals surface area contributed by atoms with E-state index >= 15 is 0 Å². The molecule has 4 nitrogen and oxygen atoms in total. The second-order valence-corrected chi connectivity index (χ2v) is 4.77. The number of hydrogen-bond acceptors (Lipinski definition) is 3. The van der Waals surface area contributed by atoms with Crippen LogP contribution in [0, 0.1) is 0 Å². The number of aryl methyl sites for hydroxylation is 1. The molecule has 2 rings (SSSR count). The van der Waals surface area contributed by atoms with Crippen LogP contribution < -0.4 is 5.73 Å². The van der Waals surface area contributed by atoms with Crippen LogP contribution in [0.5, 0.6) is 0 Å². The van der Waals surface area contributed by atoms with Gasteiger partial charge in [0.2, 0.25) is 0 Å². The van der Waals surface area contributed by atoms with E-state index in [9.17, 15) is 0 Å². The summed E-state index contributed by atoms with van der Waals surface area (Å²) in [7, 11) is 0. The van der Waals surface area contributed by atoms with Crippen LogP contribution in [0.1, 0.15) is 24.6 Å². The lowest BCUT2D eigenvalue weighted by Crippen LogP contribution is -2.06. The molecule has 0 bridgehead atoms. The number of nitrogen functional groups attached to an aromatic ring is 1. The van der Waals surface area contributed by atoms with Gasteiger partial charge in [0.25, 0.3) is 0 Å². The zero-order valence-corrected chi connectivity index (χ0v) is 11.3. The first-order chi connectivity index (χ1) is 8.22. The second-order valence-electron chi connectivity index (χ2n) is 3.91. The topological polar surface area (TPSA) is 56.7 Å². The Morgan fingerprint density at radius 2 is 2.24 bits per heavy atom. The van der Waals surface area contributed by atoms with E-state index in [2.05, 4.69) is 32.9 Å². The molecule has 2 N–H and O–H groups in total. The third-order valence-electron chi connectivity index (χ3n) is 2.63. The summed E-state index contributed by atoms with van der Waals surface area (Å²) >= 11 is 3.52. The Balaban J connectivity index is 2.29.